The van der Waals surface area contributed by atoms with Gasteiger partial charge in [-0.15, -0.1) is 0 Å². The summed E-state index contributed by atoms with van der Waals surface area (Å²) >= 11 is 0. The lowest BCUT2D eigenvalue weighted by Gasteiger charge is -2.26. The van der Waals surface area contributed by atoms with Crippen LogP contribution in [-0.2, 0) is 0 Å². The van der Waals surface area contributed by atoms with Crippen LogP contribution in [-0.4, -0.2) is 58.9 Å². The Kier molecular flexibility index (Phi) is 6.19. The van der Waals surface area contributed by atoms with Gasteiger partial charge in [0.25, 0.3) is 0 Å². The van der Waals surface area contributed by atoms with Crippen LogP contribution in [0.1, 0.15) is 6.92 Å². The molecule has 0 saturated carbocycles. The average Bonchev–Trinajstić information content (AvgIpc) is 2.14. The minimum Gasteiger partial charge on any atom is -0.394 e. The van der Waals surface area contributed by atoms with Gasteiger partial charge in [-0.3, -0.25) is 0 Å². The molecule has 0 aromatic rings. The first-order chi connectivity index (χ1) is 6.04. The summed E-state index contributed by atoms with van der Waals surface area (Å²) in [6.07, 6.45) is -3.61. The molecule has 0 heterocycles. The third kappa shape index (κ3) is 4.02. The highest BCUT2D eigenvalue weighted by Gasteiger charge is 2.27. The largest absolute Gasteiger partial charge is 0.394 e. The third-order valence-electron chi connectivity index (χ3n) is 2.04. The molecule has 5 heteroatoms. The van der Waals surface area contributed by atoms with Gasteiger partial charge in [-0.1, -0.05) is 6.92 Å². The van der Waals surface area contributed by atoms with E-state index in [4.69, 9.17) is 10.2 Å². The van der Waals surface area contributed by atoms with Gasteiger partial charge in [-0.25, -0.2) is 0 Å². The second-order valence-corrected chi connectivity index (χ2v) is 3.27. The summed E-state index contributed by atoms with van der Waals surface area (Å²) < 4.78 is 0. The van der Waals surface area contributed by atoms with Gasteiger partial charge >= 0.3 is 0 Å². The number of hydrogen-bond acceptors (Lipinski definition) is 5. The Morgan fingerprint density at radius 2 is 1.69 bits per heavy atom. The molecule has 5 N–H and O–H groups in total. The predicted octanol–water partition coefficient (Wildman–Crippen LogP) is -2.08. The van der Waals surface area contributed by atoms with Crippen LogP contribution in [0.25, 0.3) is 0 Å². The van der Waals surface area contributed by atoms with Crippen molar-refractivity contribution < 1.29 is 20.4 Å². The van der Waals surface area contributed by atoms with Gasteiger partial charge in [0.1, 0.15) is 12.2 Å². The first-order valence-corrected chi connectivity index (χ1v) is 4.34. The zero-order valence-electron chi connectivity index (χ0n) is 8.01. The Labute approximate surface area is 78.0 Å². The average molecular weight is 193 g/mol. The van der Waals surface area contributed by atoms with E-state index in [1.54, 1.807) is 14.0 Å². The van der Waals surface area contributed by atoms with Gasteiger partial charge in [0.2, 0.25) is 0 Å². The summed E-state index contributed by atoms with van der Waals surface area (Å²) in [5, 5.41) is 39.2. The summed E-state index contributed by atoms with van der Waals surface area (Å²) in [7, 11) is 1.73. The van der Waals surface area contributed by atoms with Crippen LogP contribution < -0.4 is 5.32 Å². The molecule has 0 aliphatic heterocycles. The van der Waals surface area contributed by atoms with Crippen molar-refractivity contribution in [3.63, 3.8) is 0 Å². The Hall–Kier alpha value is -0.200. The maximum Gasteiger partial charge on any atom is 0.108 e. The molecule has 0 spiro atoms. The van der Waals surface area contributed by atoms with Gasteiger partial charge < -0.3 is 25.7 Å². The molecule has 0 amide bonds. The second kappa shape index (κ2) is 6.28. The van der Waals surface area contributed by atoms with Crippen LogP contribution in [0.4, 0.5) is 0 Å². The van der Waals surface area contributed by atoms with Crippen molar-refractivity contribution in [2.45, 2.75) is 25.2 Å². The molecule has 0 radical (unpaired) electrons. The van der Waals surface area contributed by atoms with Crippen LogP contribution in [0.2, 0.25) is 0 Å². The lowest BCUT2D eigenvalue weighted by atomic mass is 9.96. The number of hydrogen-bond donors (Lipinski definition) is 5. The first-order valence-electron chi connectivity index (χ1n) is 4.34. The van der Waals surface area contributed by atoms with Crippen molar-refractivity contribution in [2.24, 2.45) is 5.92 Å². The number of rotatable bonds is 6. The van der Waals surface area contributed by atoms with E-state index in [2.05, 4.69) is 5.32 Å². The molecule has 4 atom stereocenters. The van der Waals surface area contributed by atoms with E-state index in [9.17, 15) is 10.2 Å². The van der Waals surface area contributed by atoms with Crippen molar-refractivity contribution in [2.75, 3.05) is 20.2 Å². The zero-order valence-corrected chi connectivity index (χ0v) is 8.01. The van der Waals surface area contributed by atoms with E-state index in [-0.39, 0.29) is 5.92 Å². The molecule has 0 rings (SSSR count). The van der Waals surface area contributed by atoms with Crippen molar-refractivity contribution in [3.8, 4) is 0 Å². The van der Waals surface area contributed by atoms with Crippen LogP contribution in [0, 0.1) is 5.92 Å². The summed E-state index contributed by atoms with van der Waals surface area (Å²) in [4.78, 5) is 0. The topological polar surface area (TPSA) is 93.0 Å². The van der Waals surface area contributed by atoms with Gasteiger partial charge in [0, 0.05) is 0 Å². The smallest absolute Gasteiger partial charge is 0.108 e. The lowest BCUT2D eigenvalue weighted by Crippen LogP contribution is -2.44. The van der Waals surface area contributed by atoms with Crippen LogP contribution in [0.3, 0.4) is 0 Å². The van der Waals surface area contributed by atoms with Crippen LogP contribution in [0.5, 0.6) is 0 Å². The first kappa shape index (κ1) is 12.8. The monoisotopic (exact) mass is 193 g/mol. The molecule has 0 aliphatic rings. The van der Waals surface area contributed by atoms with E-state index in [1.165, 1.54) is 0 Å². The van der Waals surface area contributed by atoms with Crippen LogP contribution >= 0.6 is 0 Å². The van der Waals surface area contributed by atoms with Gasteiger partial charge in [-0.2, -0.15) is 0 Å². The second-order valence-electron chi connectivity index (χ2n) is 3.27. The highest BCUT2D eigenvalue weighted by atomic mass is 16.4. The molecule has 80 valence electrons. The standard InChI is InChI=1S/C8H19NO4/c1-5(3-9-2)7(12)8(13)6(11)4-10/h5-13H,3-4H2,1-2H3. The Morgan fingerprint density at radius 3 is 2.08 bits per heavy atom. The normalized spacial score (nSPS) is 20.8. The Bertz CT molecular complexity index is 133. The number of aliphatic hydroxyl groups excluding tert-OH is 4. The fraction of sp³-hybridized carbons (Fsp3) is 1.00. The van der Waals surface area contributed by atoms with Gasteiger partial charge in [0.15, 0.2) is 0 Å². The Morgan fingerprint density at radius 1 is 1.15 bits per heavy atom. The maximum absolute atomic E-state index is 9.46. The summed E-state index contributed by atoms with van der Waals surface area (Å²) in [5.41, 5.74) is 0. The molecule has 0 aromatic carbocycles. The molecular formula is C8H19NO4. The van der Waals surface area contributed by atoms with Gasteiger partial charge in [0.05, 0.1) is 12.7 Å². The third-order valence-corrected chi connectivity index (χ3v) is 2.04. The molecule has 4 unspecified atom stereocenters. The molecular weight excluding hydrogens is 174 g/mol. The summed E-state index contributed by atoms with van der Waals surface area (Å²) in [5.74, 6) is -0.179. The van der Waals surface area contributed by atoms with E-state index < -0.39 is 24.9 Å². The molecule has 0 saturated heterocycles. The molecule has 13 heavy (non-hydrogen) atoms. The highest BCUT2D eigenvalue weighted by molar-refractivity contribution is 4.79. The molecule has 5 nitrogen and oxygen atoms in total. The van der Waals surface area contributed by atoms with Crippen molar-refractivity contribution in [3.05, 3.63) is 0 Å². The van der Waals surface area contributed by atoms with Crippen molar-refractivity contribution >= 4 is 0 Å². The quantitative estimate of drug-likeness (QED) is 0.334. The lowest BCUT2D eigenvalue weighted by molar-refractivity contribution is -0.0917. The predicted molar refractivity (Wildman–Crippen MR) is 48.2 cm³/mol. The number of aliphatic hydroxyl groups is 4. The van der Waals surface area contributed by atoms with E-state index >= 15 is 0 Å². The number of nitrogens with one attached hydrogen (secondary N) is 1. The SMILES string of the molecule is CNCC(C)C(O)C(O)C(O)CO. The zero-order chi connectivity index (χ0) is 10.4. The van der Waals surface area contributed by atoms with E-state index in [0.29, 0.717) is 6.54 Å². The summed E-state index contributed by atoms with van der Waals surface area (Å²) in [6.45, 7) is 1.73. The van der Waals surface area contributed by atoms with Crippen molar-refractivity contribution in [1.82, 2.24) is 5.32 Å². The molecule has 0 fully saturated rings. The maximum atomic E-state index is 9.46. The van der Waals surface area contributed by atoms with Gasteiger partial charge in [-0.05, 0) is 19.5 Å². The fourth-order valence-corrected chi connectivity index (χ4v) is 1.11. The van der Waals surface area contributed by atoms with Crippen LogP contribution in [0.15, 0.2) is 0 Å². The molecule has 0 bridgehead atoms. The van der Waals surface area contributed by atoms with Crippen molar-refractivity contribution in [1.29, 1.82) is 0 Å². The minimum atomic E-state index is -1.30. The Balaban J connectivity index is 3.99. The summed E-state index contributed by atoms with van der Waals surface area (Å²) in [6, 6.07) is 0. The highest BCUT2D eigenvalue weighted by Crippen LogP contribution is 2.09. The minimum absolute atomic E-state index is 0.179. The fourth-order valence-electron chi connectivity index (χ4n) is 1.11. The molecule has 0 aliphatic carbocycles. The molecule has 0 aromatic heterocycles. The van der Waals surface area contributed by atoms with E-state index in [1.807, 2.05) is 0 Å². The van der Waals surface area contributed by atoms with E-state index in [0.717, 1.165) is 0 Å².